The summed E-state index contributed by atoms with van der Waals surface area (Å²) >= 11 is 0. The Balaban J connectivity index is 2.55. The van der Waals surface area contributed by atoms with Crippen LogP contribution in [0.4, 0.5) is 0 Å². The smallest absolute Gasteiger partial charge is 0.122 e. The van der Waals surface area contributed by atoms with Gasteiger partial charge in [-0.05, 0) is 50.4 Å². The number of hydrogen-bond donors (Lipinski definition) is 1. The molecule has 3 nitrogen and oxygen atoms in total. The first-order valence-electron chi connectivity index (χ1n) is 6.80. The first-order valence-corrected chi connectivity index (χ1v) is 6.80. The van der Waals surface area contributed by atoms with Gasteiger partial charge in [0.05, 0.1) is 18.6 Å². The predicted octanol–water partition coefficient (Wildman–Crippen LogP) is 2.94. The van der Waals surface area contributed by atoms with Gasteiger partial charge in [0.25, 0.3) is 0 Å². The highest BCUT2D eigenvalue weighted by molar-refractivity contribution is 5.37. The Bertz CT molecular complexity index is 447. The van der Waals surface area contributed by atoms with Crippen molar-refractivity contribution in [3.05, 3.63) is 29.3 Å². The second-order valence-corrected chi connectivity index (χ2v) is 5.42. The molecule has 0 saturated heterocycles. The molecule has 0 unspecified atom stereocenters. The summed E-state index contributed by atoms with van der Waals surface area (Å²) in [6.07, 6.45) is 1.95. The summed E-state index contributed by atoms with van der Waals surface area (Å²) in [6.45, 7) is 7.60. The summed E-state index contributed by atoms with van der Waals surface area (Å²) in [5.74, 6) is 0.943. The summed E-state index contributed by atoms with van der Waals surface area (Å²) in [7, 11) is 1.71. The van der Waals surface area contributed by atoms with Crippen LogP contribution in [0, 0.1) is 16.7 Å². The fourth-order valence-corrected chi connectivity index (χ4v) is 1.91. The highest BCUT2D eigenvalue weighted by atomic mass is 16.5. The zero-order valence-corrected chi connectivity index (χ0v) is 12.4. The van der Waals surface area contributed by atoms with Gasteiger partial charge in [-0.25, -0.2) is 0 Å². The molecular weight excluding hydrogens is 236 g/mol. The van der Waals surface area contributed by atoms with Crippen LogP contribution >= 0.6 is 0 Å². The van der Waals surface area contributed by atoms with Crippen molar-refractivity contribution >= 4 is 0 Å². The molecule has 0 spiro atoms. The molecule has 0 bridgehead atoms. The van der Waals surface area contributed by atoms with E-state index in [-0.39, 0.29) is 5.41 Å². The molecule has 104 valence electrons. The maximum Gasteiger partial charge on any atom is 0.122 e. The average Bonchev–Trinajstić information content (AvgIpc) is 2.43. The molecule has 1 aromatic rings. The van der Waals surface area contributed by atoms with Crippen LogP contribution in [0.25, 0.3) is 0 Å². The highest BCUT2D eigenvalue weighted by Gasteiger charge is 2.15. The van der Waals surface area contributed by atoms with Crippen molar-refractivity contribution in [2.75, 3.05) is 20.2 Å². The normalized spacial score (nSPS) is 11.1. The molecule has 0 amide bonds. The van der Waals surface area contributed by atoms with Crippen LogP contribution in [0.1, 0.15) is 31.9 Å². The van der Waals surface area contributed by atoms with Crippen LogP contribution < -0.4 is 10.1 Å². The van der Waals surface area contributed by atoms with Crippen LogP contribution in [0.2, 0.25) is 0 Å². The molecule has 0 saturated carbocycles. The van der Waals surface area contributed by atoms with Gasteiger partial charge >= 0.3 is 0 Å². The highest BCUT2D eigenvalue weighted by Crippen LogP contribution is 2.20. The maximum absolute atomic E-state index is 8.95. The van der Waals surface area contributed by atoms with Gasteiger partial charge in [-0.15, -0.1) is 0 Å². The lowest BCUT2D eigenvalue weighted by Gasteiger charge is -2.16. The zero-order chi connectivity index (χ0) is 14.3. The number of nitriles is 1. The van der Waals surface area contributed by atoms with Gasteiger partial charge in [0, 0.05) is 6.54 Å². The van der Waals surface area contributed by atoms with E-state index in [1.165, 1.54) is 11.1 Å². The Morgan fingerprint density at radius 3 is 2.68 bits per heavy atom. The van der Waals surface area contributed by atoms with Gasteiger partial charge in [-0.3, -0.25) is 0 Å². The number of benzene rings is 1. The second kappa shape index (κ2) is 7.16. The third kappa shape index (κ3) is 4.92. The number of nitrogens with zero attached hydrogens (tertiary/aromatic N) is 1. The topological polar surface area (TPSA) is 45.0 Å². The predicted molar refractivity (Wildman–Crippen MR) is 78.3 cm³/mol. The van der Waals surface area contributed by atoms with Crippen molar-refractivity contribution in [2.24, 2.45) is 5.41 Å². The molecule has 0 aliphatic rings. The van der Waals surface area contributed by atoms with E-state index in [1.807, 2.05) is 19.9 Å². The van der Waals surface area contributed by atoms with Crippen LogP contribution in [0.15, 0.2) is 18.2 Å². The van der Waals surface area contributed by atoms with E-state index < -0.39 is 0 Å². The molecule has 3 heteroatoms. The Morgan fingerprint density at radius 1 is 1.37 bits per heavy atom. The number of methoxy groups -OCH3 is 1. The molecule has 1 rings (SSSR count). The molecule has 0 heterocycles. The van der Waals surface area contributed by atoms with Crippen LogP contribution in [-0.2, 0) is 12.8 Å². The lowest BCUT2D eigenvalue weighted by molar-refractivity contribution is 0.407. The van der Waals surface area contributed by atoms with Crippen LogP contribution in [0.5, 0.6) is 5.75 Å². The molecule has 0 fully saturated rings. The van der Waals surface area contributed by atoms with E-state index in [2.05, 4.69) is 30.4 Å². The van der Waals surface area contributed by atoms with Gasteiger partial charge in [-0.1, -0.05) is 19.1 Å². The molecule has 0 atom stereocenters. The van der Waals surface area contributed by atoms with E-state index in [9.17, 15) is 0 Å². The first-order chi connectivity index (χ1) is 9.02. The third-order valence-corrected chi connectivity index (χ3v) is 3.19. The summed E-state index contributed by atoms with van der Waals surface area (Å²) < 4.78 is 5.38. The summed E-state index contributed by atoms with van der Waals surface area (Å²) in [5.41, 5.74) is 2.24. The Kier molecular flexibility index (Phi) is 5.85. The molecule has 0 aliphatic carbocycles. The largest absolute Gasteiger partial charge is 0.496 e. The van der Waals surface area contributed by atoms with E-state index in [0.29, 0.717) is 6.54 Å². The monoisotopic (exact) mass is 260 g/mol. The van der Waals surface area contributed by atoms with Crippen molar-refractivity contribution in [1.82, 2.24) is 5.32 Å². The molecule has 1 N–H and O–H groups in total. The van der Waals surface area contributed by atoms with E-state index >= 15 is 0 Å². The van der Waals surface area contributed by atoms with E-state index in [1.54, 1.807) is 7.11 Å². The van der Waals surface area contributed by atoms with Gasteiger partial charge in [0.1, 0.15) is 5.75 Å². The molecule has 19 heavy (non-hydrogen) atoms. The minimum Gasteiger partial charge on any atom is -0.496 e. The second-order valence-electron chi connectivity index (χ2n) is 5.42. The van der Waals surface area contributed by atoms with Crippen molar-refractivity contribution in [2.45, 2.75) is 33.6 Å². The van der Waals surface area contributed by atoms with E-state index in [0.717, 1.165) is 25.1 Å². The first kappa shape index (κ1) is 15.5. The summed E-state index contributed by atoms with van der Waals surface area (Å²) in [5, 5.41) is 12.3. The molecule has 0 radical (unpaired) electrons. The van der Waals surface area contributed by atoms with Crippen molar-refractivity contribution in [1.29, 1.82) is 5.26 Å². The average molecular weight is 260 g/mol. The van der Waals surface area contributed by atoms with Crippen molar-refractivity contribution in [3.63, 3.8) is 0 Å². The lowest BCUT2D eigenvalue weighted by atomic mass is 9.96. The quantitative estimate of drug-likeness (QED) is 0.767. The molecular formula is C16H24N2O. The Labute approximate surface area is 116 Å². The van der Waals surface area contributed by atoms with E-state index in [4.69, 9.17) is 10.00 Å². The Hall–Kier alpha value is -1.53. The summed E-state index contributed by atoms with van der Waals surface area (Å²) in [6, 6.07) is 8.64. The molecule has 0 aliphatic heterocycles. The standard InChI is InChI=1S/C16H24N2O/c1-5-13-6-7-15(19-4)14(10-13)8-9-18-12-16(2,3)11-17/h6-7,10,18H,5,8-9,12H2,1-4H3. The number of hydrogen-bond acceptors (Lipinski definition) is 3. The molecule has 0 aromatic heterocycles. The van der Waals surface area contributed by atoms with Gasteiger partial charge < -0.3 is 10.1 Å². The lowest BCUT2D eigenvalue weighted by Crippen LogP contribution is -2.29. The zero-order valence-electron chi connectivity index (χ0n) is 12.4. The van der Waals surface area contributed by atoms with Crippen molar-refractivity contribution in [3.8, 4) is 11.8 Å². The number of rotatable bonds is 7. The fraction of sp³-hybridized carbons (Fsp3) is 0.562. The SMILES string of the molecule is CCc1ccc(OC)c(CCNCC(C)(C)C#N)c1. The number of nitrogens with one attached hydrogen (secondary N) is 1. The van der Waals surface area contributed by atoms with Crippen LogP contribution in [0.3, 0.4) is 0 Å². The third-order valence-electron chi connectivity index (χ3n) is 3.19. The number of aryl methyl sites for hydroxylation is 1. The minimum atomic E-state index is -0.310. The maximum atomic E-state index is 8.95. The van der Waals surface area contributed by atoms with Crippen molar-refractivity contribution < 1.29 is 4.74 Å². The van der Waals surface area contributed by atoms with Gasteiger partial charge in [0.15, 0.2) is 0 Å². The Morgan fingerprint density at radius 2 is 2.11 bits per heavy atom. The number of ether oxygens (including phenoxy) is 1. The minimum absolute atomic E-state index is 0.310. The molecule has 1 aromatic carbocycles. The van der Waals surface area contributed by atoms with Gasteiger partial charge in [-0.2, -0.15) is 5.26 Å². The van der Waals surface area contributed by atoms with Gasteiger partial charge in [0.2, 0.25) is 0 Å². The van der Waals surface area contributed by atoms with Crippen LogP contribution in [-0.4, -0.2) is 20.2 Å². The fourth-order valence-electron chi connectivity index (χ4n) is 1.91. The summed E-state index contributed by atoms with van der Waals surface area (Å²) in [4.78, 5) is 0.